The standard InChI is InChI=1S/C27H28N4O6S2/c1-3-16-4-5-17-6-7-36-26(21(17)8-16)20-11-24(38-15(20)2)25(33)22-12-29-14-30-27(22)31-19-9-18(23(32)10-19)13-37-39(28,34)35/h1,4-5,8,11-12,14,18-19,23,26,32H,6-7,9-10,13H2,2H3,(H2,28,34,35)(H,29,30,31)/t18-,19-,23+,26+/m1/s1. The molecular formula is C27H28N4O6S2. The van der Waals surface area contributed by atoms with Gasteiger partial charge in [-0.2, -0.15) is 8.42 Å². The van der Waals surface area contributed by atoms with Crippen molar-refractivity contribution in [2.45, 2.75) is 44.4 Å². The number of rotatable bonds is 8. The van der Waals surface area contributed by atoms with E-state index in [1.165, 1.54) is 29.4 Å². The molecule has 4 atom stereocenters. The Labute approximate surface area is 230 Å². The molecule has 1 aromatic carbocycles. The van der Waals surface area contributed by atoms with E-state index in [9.17, 15) is 18.3 Å². The highest BCUT2D eigenvalue weighted by molar-refractivity contribution is 7.84. The lowest BCUT2D eigenvalue weighted by Gasteiger charge is -2.26. The van der Waals surface area contributed by atoms with E-state index in [0.717, 1.165) is 28.0 Å². The molecule has 3 heterocycles. The molecule has 5 rings (SSSR count). The highest BCUT2D eigenvalue weighted by Crippen LogP contribution is 2.39. The summed E-state index contributed by atoms with van der Waals surface area (Å²) in [5.41, 5.74) is 4.19. The number of aromatic nitrogens is 2. The summed E-state index contributed by atoms with van der Waals surface area (Å²) in [7, 11) is -4.10. The molecule has 2 aliphatic rings. The van der Waals surface area contributed by atoms with Gasteiger partial charge in [-0.15, -0.1) is 17.8 Å². The number of aliphatic hydroxyl groups is 1. The number of aliphatic hydroxyl groups excluding tert-OH is 1. The molecule has 4 N–H and O–H groups in total. The fraction of sp³-hybridized carbons (Fsp3) is 0.370. The molecule has 39 heavy (non-hydrogen) atoms. The summed E-state index contributed by atoms with van der Waals surface area (Å²) in [5.74, 6) is 2.35. The first-order valence-corrected chi connectivity index (χ1v) is 14.7. The number of carbonyl (C=O) groups is 1. The molecule has 0 unspecified atom stereocenters. The average molecular weight is 569 g/mol. The average Bonchev–Trinajstić information content (AvgIpc) is 3.47. The summed E-state index contributed by atoms with van der Waals surface area (Å²) < 4.78 is 33.1. The maximum Gasteiger partial charge on any atom is 0.333 e. The minimum absolute atomic E-state index is 0.222. The lowest BCUT2D eigenvalue weighted by atomic mass is 9.91. The summed E-state index contributed by atoms with van der Waals surface area (Å²) in [4.78, 5) is 23.5. The van der Waals surface area contributed by atoms with Gasteiger partial charge in [-0.1, -0.05) is 12.0 Å². The van der Waals surface area contributed by atoms with Crippen LogP contribution in [-0.2, 0) is 25.6 Å². The SMILES string of the molecule is C#Cc1ccc2c(c1)[C@H](c1cc(C(=O)c3cncnc3N[C@@H]3C[C@H](COS(N)(=O)=O)[C@@H](O)C3)sc1C)OCC2. The topological polar surface area (TPSA) is 154 Å². The van der Waals surface area contributed by atoms with Crippen molar-refractivity contribution in [1.82, 2.24) is 9.97 Å². The first kappa shape index (κ1) is 27.4. The Hall–Kier alpha value is -3.18. The fourth-order valence-corrected chi connectivity index (χ4v) is 6.54. The lowest BCUT2D eigenvalue weighted by molar-refractivity contribution is 0.0697. The van der Waals surface area contributed by atoms with E-state index in [0.29, 0.717) is 35.7 Å². The molecule has 3 aromatic rings. The van der Waals surface area contributed by atoms with E-state index in [1.54, 1.807) is 0 Å². The van der Waals surface area contributed by atoms with Crippen LogP contribution in [0.2, 0.25) is 0 Å². The predicted octanol–water partition coefficient (Wildman–Crippen LogP) is 2.49. The van der Waals surface area contributed by atoms with Gasteiger partial charge in [-0.05, 0) is 61.1 Å². The van der Waals surface area contributed by atoms with E-state index >= 15 is 0 Å². The van der Waals surface area contributed by atoms with Gasteiger partial charge in [0.1, 0.15) is 18.2 Å². The molecule has 1 saturated carbocycles. The van der Waals surface area contributed by atoms with Crippen molar-refractivity contribution in [1.29, 1.82) is 0 Å². The van der Waals surface area contributed by atoms with Gasteiger partial charge in [-0.3, -0.25) is 8.98 Å². The van der Waals surface area contributed by atoms with Crippen LogP contribution in [-0.4, -0.2) is 54.6 Å². The number of thiophene rings is 1. The maximum atomic E-state index is 13.6. The summed E-state index contributed by atoms with van der Waals surface area (Å²) in [6, 6.07) is 7.55. The number of aryl methyl sites for hydroxylation is 1. The minimum Gasteiger partial charge on any atom is -0.393 e. The van der Waals surface area contributed by atoms with Crippen molar-refractivity contribution in [3.63, 3.8) is 0 Å². The van der Waals surface area contributed by atoms with Gasteiger partial charge in [0.05, 0.1) is 29.8 Å². The zero-order valence-corrected chi connectivity index (χ0v) is 22.8. The largest absolute Gasteiger partial charge is 0.393 e. The van der Waals surface area contributed by atoms with Crippen LogP contribution in [0, 0.1) is 25.2 Å². The van der Waals surface area contributed by atoms with E-state index in [1.807, 2.05) is 31.2 Å². The number of nitrogens with zero attached hydrogens (tertiary/aromatic N) is 2. The van der Waals surface area contributed by atoms with Crippen LogP contribution >= 0.6 is 11.3 Å². The number of terminal acetylenes is 1. The number of fused-ring (bicyclic) bond motifs is 1. The summed E-state index contributed by atoms with van der Waals surface area (Å²) in [6.07, 6.45) is 8.86. The Morgan fingerprint density at radius 3 is 2.92 bits per heavy atom. The first-order valence-electron chi connectivity index (χ1n) is 12.4. The Bertz CT molecular complexity index is 1550. The maximum absolute atomic E-state index is 13.6. The van der Waals surface area contributed by atoms with Crippen molar-refractivity contribution in [3.8, 4) is 12.3 Å². The minimum atomic E-state index is -4.10. The molecule has 10 nitrogen and oxygen atoms in total. The predicted molar refractivity (Wildman–Crippen MR) is 146 cm³/mol. The van der Waals surface area contributed by atoms with Gasteiger partial charge in [-0.25, -0.2) is 15.1 Å². The van der Waals surface area contributed by atoms with E-state index in [2.05, 4.69) is 25.4 Å². The number of carbonyl (C=O) groups excluding carboxylic acids is 1. The summed E-state index contributed by atoms with van der Waals surface area (Å²) >= 11 is 1.38. The van der Waals surface area contributed by atoms with Crippen molar-refractivity contribution >= 4 is 33.2 Å². The van der Waals surface area contributed by atoms with Crippen molar-refractivity contribution in [2.24, 2.45) is 11.1 Å². The number of ether oxygens (including phenoxy) is 1. The second kappa shape index (κ2) is 11.1. The van der Waals surface area contributed by atoms with Crippen molar-refractivity contribution in [2.75, 3.05) is 18.5 Å². The van der Waals surface area contributed by atoms with Gasteiger partial charge < -0.3 is 15.2 Å². The van der Waals surface area contributed by atoms with E-state index in [4.69, 9.17) is 16.3 Å². The number of nitrogens with two attached hydrogens (primary N) is 1. The summed E-state index contributed by atoms with van der Waals surface area (Å²) in [6.45, 7) is 2.31. The Morgan fingerprint density at radius 1 is 1.33 bits per heavy atom. The quantitative estimate of drug-likeness (QED) is 0.275. The highest BCUT2D eigenvalue weighted by atomic mass is 32.2. The Morgan fingerprint density at radius 2 is 2.15 bits per heavy atom. The number of hydrogen-bond donors (Lipinski definition) is 3. The van der Waals surface area contributed by atoms with Crippen LogP contribution in [0.25, 0.3) is 0 Å². The van der Waals surface area contributed by atoms with Gasteiger partial charge in [0, 0.05) is 28.6 Å². The van der Waals surface area contributed by atoms with Crippen molar-refractivity contribution in [3.05, 3.63) is 74.4 Å². The van der Waals surface area contributed by atoms with Crippen LogP contribution in [0.5, 0.6) is 0 Å². The normalized spacial score (nSPS) is 22.7. The highest BCUT2D eigenvalue weighted by Gasteiger charge is 2.35. The number of anilines is 1. The second-order valence-corrected chi connectivity index (χ2v) is 12.2. The molecule has 204 valence electrons. The molecular weight excluding hydrogens is 540 g/mol. The van der Waals surface area contributed by atoms with Gasteiger partial charge >= 0.3 is 10.3 Å². The Kier molecular flexibility index (Phi) is 7.82. The lowest BCUT2D eigenvalue weighted by Crippen LogP contribution is -2.24. The fourth-order valence-electron chi connectivity index (χ4n) is 5.18. The molecule has 0 radical (unpaired) electrons. The molecule has 0 amide bonds. The Balaban J connectivity index is 1.36. The molecule has 12 heteroatoms. The first-order chi connectivity index (χ1) is 18.6. The monoisotopic (exact) mass is 568 g/mol. The van der Waals surface area contributed by atoms with Crippen LogP contribution in [0.4, 0.5) is 5.82 Å². The van der Waals surface area contributed by atoms with Crippen LogP contribution in [0.1, 0.15) is 61.3 Å². The van der Waals surface area contributed by atoms with E-state index < -0.39 is 22.3 Å². The molecule has 1 aliphatic heterocycles. The number of ketones is 1. The summed E-state index contributed by atoms with van der Waals surface area (Å²) in [5, 5.41) is 18.5. The van der Waals surface area contributed by atoms with Crippen LogP contribution < -0.4 is 10.5 Å². The smallest absolute Gasteiger partial charge is 0.333 e. The van der Waals surface area contributed by atoms with E-state index in [-0.39, 0.29) is 24.5 Å². The molecule has 0 bridgehead atoms. The zero-order valence-electron chi connectivity index (χ0n) is 21.2. The van der Waals surface area contributed by atoms with Crippen LogP contribution in [0.3, 0.4) is 0 Å². The zero-order chi connectivity index (χ0) is 27.7. The van der Waals surface area contributed by atoms with Gasteiger partial charge in [0.15, 0.2) is 0 Å². The number of hydrogen-bond acceptors (Lipinski definition) is 10. The number of nitrogens with one attached hydrogen (secondary N) is 1. The molecule has 0 saturated heterocycles. The molecule has 1 fully saturated rings. The number of benzene rings is 1. The molecule has 0 spiro atoms. The van der Waals surface area contributed by atoms with Crippen molar-refractivity contribution < 1.29 is 27.2 Å². The van der Waals surface area contributed by atoms with Gasteiger partial charge in [0.25, 0.3) is 0 Å². The third kappa shape index (κ3) is 6.04. The third-order valence-electron chi connectivity index (χ3n) is 7.11. The molecule has 2 aromatic heterocycles. The molecule has 1 aliphatic carbocycles. The van der Waals surface area contributed by atoms with Crippen LogP contribution in [0.15, 0.2) is 36.8 Å². The third-order valence-corrected chi connectivity index (χ3v) is 8.64. The van der Waals surface area contributed by atoms with Gasteiger partial charge in [0.2, 0.25) is 5.78 Å². The second-order valence-electron chi connectivity index (χ2n) is 9.71.